The lowest BCUT2D eigenvalue weighted by Crippen LogP contribution is -2.40. The molecule has 0 amide bonds. The van der Waals surface area contributed by atoms with Crippen LogP contribution in [0.4, 0.5) is 0 Å². The fraction of sp³-hybridized carbons (Fsp3) is 0.571. The van der Waals surface area contributed by atoms with Gasteiger partial charge in [0.25, 0.3) is 0 Å². The van der Waals surface area contributed by atoms with E-state index in [0.29, 0.717) is 6.04 Å². The summed E-state index contributed by atoms with van der Waals surface area (Å²) in [5.74, 6) is 0. The highest BCUT2D eigenvalue weighted by atomic mass is 35.5. The molecule has 0 atom stereocenters. The van der Waals surface area contributed by atoms with Crippen molar-refractivity contribution in [2.45, 2.75) is 32.4 Å². The van der Waals surface area contributed by atoms with Gasteiger partial charge in [0.05, 0.1) is 0 Å². The zero-order valence-electron chi connectivity index (χ0n) is 11.1. The van der Waals surface area contributed by atoms with Gasteiger partial charge >= 0.3 is 0 Å². The Morgan fingerprint density at radius 2 is 2.00 bits per heavy atom. The predicted molar refractivity (Wildman–Crippen MR) is 80.8 cm³/mol. The Morgan fingerprint density at radius 1 is 1.33 bits per heavy atom. The first-order chi connectivity index (χ1) is 8.19. The summed E-state index contributed by atoms with van der Waals surface area (Å²) in [6.45, 7) is 5.57. The quantitative estimate of drug-likeness (QED) is 0.919. The maximum atomic E-state index is 5.98. The largest absolute Gasteiger partial charge is 0.317 e. The van der Waals surface area contributed by atoms with Crippen LogP contribution in [0.2, 0.25) is 5.02 Å². The second kappa shape index (κ2) is 7.34. The van der Waals surface area contributed by atoms with E-state index in [1.54, 1.807) is 0 Å². The first-order valence-electron chi connectivity index (χ1n) is 6.33. The van der Waals surface area contributed by atoms with E-state index in [9.17, 15) is 0 Å². The third-order valence-electron chi connectivity index (χ3n) is 3.69. The highest BCUT2D eigenvalue weighted by molar-refractivity contribution is 6.30. The average molecular weight is 289 g/mol. The maximum Gasteiger partial charge on any atom is 0.0408 e. The lowest BCUT2D eigenvalue weighted by atomic mass is 10.0. The van der Waals surface area contributed by atoms with Crippen LogP contribution < -0.4 is 5.32 Å². The summed E-state index contributed by atoms with van der Waals surface area (Å²) in [6.07, 6.45) is 2.51. The molecule has 18 heavy (non-hydrogen) atoms. The summed E-state index contributed by atoms with van der Waals surface area (Å²) in [5.41, 5.74) is 2.70. The number of benzene rings is 1. The monoisotopic (exact) mass is 288 g/mol. The van der Waals surface area contributed by atoms with Crippen LogP contribution in [-0.4, -0.2) is 31.1 Å². The van der Waals surface area contributed by atoms with Crippen LogP contribution >= 0.6 is 24.0 Å². The van der Waals surface area contributed by atoms with Gasteiger partial charge in [-0.05, 0) is 63.2 Å². The SMILES string of the molecule is CNC1CCN(Cc2ccc(Cl)cc2C)CC1.Cl. The summed E-state index contributed by atoms with van der Waals surface area (Å²) >= 11 is 5.98. The van der Waals surface area contributed by atoms with E-state index in [1.807, 2.05) is 6.07 Å². The minimum absolute atomic E-state index is 0. The Bertz CT molecular complexity index is 374. The van der Waals surface area contributed by atoms with E-state index in [4.69, 9.17) is 11.6 Å². The Labute approximate surface area is 121 Å². The van der Waals surface area contributed by atoms with E-state index >= 15 is 0 Å². The lowest BCUT2D eigenvalue weighted by molar-refractivity contribution is 0.194. The van der Waals surface area contributed by atoms with Crippen LogP contribution in [0.25, 0.3) is 0 Å². The summed E-state index contributed by atoms with van der Waals surface area (Å²) in [6, 6.07) is 6.90. The van der Waals surface area contributed by atoms with Gasteiger partial charge in [-0.1, -0.05) is 17.7 Å². The van der Waals surface area contributed by atoms with Crippen LogP contribution in [0.3, 0.4) is 0 Å². The molecule has 0 bridgehead atoms. The van der Waals surface area contributed by atoms with Crippen LogP contribution in [0.1, 0.15) is 24.0 Å². The molecule has 1 fully saturated rings. The molecule has 4 heteroatoms. The van der Waals surface area contributed by atoms with Gasteiger partial charge in [-0.3, -0.25) is 4.90 Å². The number of aryl methyl sites for hydroxylation is 1. The van der Waals surface area contributed by atoms with Crippen molar-refractivity contribution in [2.75, 3.05) is 20.1 Å². The van der Waals surface area contributed by atoms with Crippen molar-refractivity contribution in [3.8, 4) is 0 Å². The second-order valence-corrected chi connectivity index (χ2v) is 5.35. The normalized spacial score (nSPS) is 17.5. The highest BCUT2D eigenvalue weighted by Gasteiger charge is 2.17. The van der Waals surface area contributed by atoms with Gasteiger partial charge < -0.3 is 5.32 Å². The Morgan fingerprint density at radius 3 is 2.56 bits per heavy atom. The molecule has 0 saturated carbocycles. The molecule has 2 nitrogen and oxygen atoms in total. The van der Waals surface area contributed by atoms with E-state index < -0.39 is 0 Å². The molecule has 2 rings (SSSR count). The fourth-order valence-corrected chi connectivity index (χ4v) is 2.68. The molecule has 1 saturated heterocycles. The topological polar surface area (TPSA) is 15.3 Å². The summed E-state index contributed by atoms with van der Waals surface area (Å²) in [7, 11) is 2.06. The Hall–Kier alpha value is -0.280. The van der Waals surface area contributed by atoms with Gasteiger partial charge in [-0.25, -0.2) is 0 Å². The molecular weight excluding hydrogens is 267 g/mol. The standard InChI is InChI=1S/C14H21ClN2.ClH/c1-11-9-13(15)4-3-12(11)10-17-7-5-14(16-2)6-8-17;/h3-4,9,14,16H,5-8,10H2,1-2H3;1H. The van der Waals surface area contributed by atoms with Gasteiger partial charge in [0.2, 0.25) is 0 Å². The number of nitrogens with one attached hydrogen (secondary N) is 1. The van der Waals surface area contributed by atoms with Crippen molar-refractivity contribution < 1.29 is 0 Å². The molecule has 0 spiro atoms. The van der Waals surface area contributed by atoms with Gasteiger partial charge in [-0.2, -0.15) is 0 Å². The number of likely N-dealkylation sites (tertiary alicyclic amines) is 1. The van der Waals surface area contributed by atoms with Crippen LogP contribution in [0, 0.1) is 6.92 Å². The third-order valence-corrected chi connectivity index (χ3v) is 3.93. The zero-order valence-corrected chi connectivity index (χ0v) is 12.7. The second-order valence-electron chi connectivity index (χ2n) is 4.91. The summed E-state index contributed by atoms with van der Waals surface area (Å²) in [5, 5.41) is 4.20. The molecule has 102 valence electrons. The Kier molecular flexibility index (Phi) is 6.44. The van der Waals surface area contributed by atoms with Crippen molar-refractivity contribution in [1.82, 2.24) is 10.2 Å². The number of hydrogen-bond acceptors (Lipinski definition) is 2. The molecule has 1 aromatic rings. The summed E-state index contributed by atoms with van der Waals surface area (Å²) in [4.78, 5) is 2.53. The molecule has 1 aliphatic heterocycles. The molecule has 0 aromatic heterocycles. The lowest BCUT2D eigenvalue weighted by Gasteiger charge is -2.32. The van der Waals surface area contributed by atoms with Crippen molar-refractivity contribution >= 4 is 24.0 Å². The third kappa shape index (κ3) is 4.13. The molecule has 1 aromatic carbocycles. The highest BCUT2D eigenvalue weighted by Crippen LogP contribution is 2.19. The molecular formula is C14H22Cl2N2. The molecule has 0 unspecified atom stereocenters. The molecule has 0 radical (unpaired) electrons. The van der Waals surface area contributed by atoms with Crippen molar-refractivity contribution in [3.05, 3.63) is 34.3 Å². The van der Waals surface area contributed by atoms with Gasteiger partial charge in [0.15, 0.2) is 0 Å². The number of nitrogens with zero attached hydrogens (tertiary/aromatic N) is 1. The molecule has 1 N–H and O–H groups in total. The van der Waals surface area contributed by atoms with E-state index in [0.717, 1.165) is 11.6 Å². The first kappa shape index (κ1) is 15.8. The number of hydrogen-bond donors (Lipinski definition) is 1. The predicted octanol–water partition coefficient (Wildman–Crippen LogP) is 3.25. The molecule has 0 aliphatic carbocycles. The van der Waals surface area contributed by atoms with Crippen LogP contribution in [-0.2, 0) is 6.54 Å². The van der Waals surface area contributed by atoms with Crippen molar-refractivity contribution in [1.29, 1.82) is 0 Å². The summed E-state index contributed by atoms with van der Waals surface area (Å²) < 4.78 is 0. The zero-order chi connectivity index (χ0) is 12.3. The molecule has 1 aliphatic rings. The van der Waals surface area contributed by atoms with Gasteiger partial charge in [-0.15, -0.1) is 12.4 Å². The minimum atomic E-state index is 0. The smallest absolute Gasteiger partial charge is 0.0408 e. The Balaban J connectivity index is 0.00000162. The van der Waals surface area contributed by atoms with Gasteiger partial charge in [0, 0.05) is 17.6 Å². The number of rotatable bonds is 3. The van der Waals surface area contributed by atoms with Crippen LogP contribution in [0.15, 0.2) is 18.2 Å². The first-order valence-corrected chi connectivity index (χ1v) is 6.71. The molecule has 1 heterocycles. The minimum Gasteiger partial charge on any atom is -0.317 e. The number of piperidine rings is 1. The van der Waals surface area contributed by atoms with E-state index in [2.05, 4.69) is 36.3 Å². The van der Waals surface area contributed by atoms with E-state index in [1.165, 1.54) is 37.1 Å². The fourth-order valence-electron chi connectivity index (χ4n) is 2.46. The van der Waals surface area contributed by atoms with Crippen LogP contribution in [0.5, 0.6) is 0 Å². The van der Waals surface area contributed by atoms with Crippen molar-refractivity contribution in [2.24, 2.45) is 0 Å². The number of halogens is 2. The van der Waals surface area contributed by atoms with Crippen molar-refractivity contribution in [3.63, 3.8) is 0 Å². The maximum absolute atomic E-state index is 5.98. The average Bonchev–Trinajstić information content (AvgIpc) is 2.34. The van der Waals surface area contributed by atoms with E-state index in [-0.39, 0.29) is 12.4 Å². The van der Waals surface area contributed by atoms with Gasteiger partial charge in [0.1, 0.15) is 0 Å².